The van der Waals surface area contributed by atoms with E-state index in [4.69, 9.17) is 4.74 Å². The van der Waals surface area contributed by atoms with Gasteiger partial charge in [-0.05, 0) is 38.8 Å². The van der Waals surface area contributed by atoms with E-state index in [-0.39, 0.29) is 6.10 Å². The number of halogens is 3. The molecule has 2 aliphatic rings. The number of ether oxygens (including phenoxy) is 1. The van der Waals surface area contributed by atoms with Gasteiger partial charge in [-0.3, -0.25) is 4.90 Å². The van der Waals surface area contributed by atoms with E-state index in [0.717, 1.165) is 18.6 Å². The van der Waals surface area contributed by atoms with Gasteiger partial charge in [0.25, 0.3) is 0 Å². The van der Waals surface area contributed by atoms with E-state index in [2.05, 4.69) is 11.5 Å². The Kier molecular flexibility index (Phi) is 4.86. The van der Waals surface area contributed by atoms with Crippen LogP contribution in [0.4, 0.5) is 13.2 Å². The topological polar surface area (TPSA) is 24.5 Å². The van der Waals surface area contributed by atoms with Gasteiger partial charge in [0.15, 0.2) is 0 Å². The molecule has 1 saturated heterocycles. The van der Waals surface area contributed by atoms with Crippen LogP contribution in [-0.4, -0.2) is 42.4 Å². The summed E-state index contributed by atoms with van der Waals surface area (Å²) in [7, 11) is 0. The van der Waals surface area contributed by atoms with Gasteiger partial charge in [-0.1, -0.05) is 0 Å². The van der Waals surface area contributed by atoms with Crippen LogP contribution < -0.4 is 5.32 Å². The van der Waals surface area contributed by atoms with E-state index in [1.54, 1.807) is 19.9 Å². The van der Waals surface area contributed by atoms with Crippen molar-refractivity contribution in [2.45, 2.75) is 50.9 Å². The van der Waals surface area contributed by atoms with Crippen LogP contribution in [0.25, 0.3) is 0 Å². The third-order valence-corrected chi connectivity index (χ3v) is 3.97. The molecule has 2 rings (SSSR count). The van der Waals surface area contributed by atoms with Gasteiger partial charge in [-0.25, -0.2) is 0 Å². The maximum absolute atomic E-state index is 12.6. The number of rotatable bonds is 4. The summed E-state index contributed by atoms with van der Waals surface area (Å²) >= 11 is 0. The number of alkyl halides is 3. The number of nitrogens with zero attached hydrogens (tertiary/aromatic N) is 1. The van der Waals surface area contributed by atoms with Crippen molar-refractivity contribution in [2.75, 3.05) is 19.6 Å². The van der Waals surface area contributed by atoms with E-state index in [0.29, 0.717) is 19.6 Å². The van der Waals surface area contributed by atoms with Crippen molar-refractivity contribution < 1.29 is 17.9 Å². The average Bonchev–Trinajstić information content (AvgIpc) is 2.38. The lowest BCUT2D eigenvalue weighted by atomic mass is 9.94. The lowest BCUT2D eigenvalue weighted by molar-refractivity contribution is -0.161. The lowest BCUT2D eigenvalue weighted by Crippen LogP contribution is -2.51. The van der Waals surface area contributed by atoms with Crippen LogP contribution in [0, 0.1) is 6.20 Å². The second kappa shape index (κ2) is 6.30. The van der Waals surface area contributed by atoms with Gasteiger partial charge in [0.05, 0.1) is 19.2 Å². The van der Waals surface area contributed by atoms with Crippen LogP contribution in [0.2, 0.25) is 0 Å². The Balaban J connectivity index is 1.82. The number of likely N-dealkylation sites (tertiary alicyclic amines) is 1. The zero-order valence-electron chi connectivity index (χ0n) is 12.5. The summed E-state index contributed by atoms with van der Waals surface area (Å²) in [6.07, 6.45) is 3.18. The number of nitrogens with one attached hydrogen (secondary N) is 1. The third kappa shape index (κ3) is 4.95. The zero-order chi connectivity index (χ0) is 15.5. The molecule has 2 aliphatic heterocycles. The highest BCUT2D eigenvalue weighted by Crippen LogP contribution is 2.33. The molecule has 6 heteroatoms. The molecule has 0 aliphatic carbocycles. The number of hydrogen-bond acceptors (Lipinski definition) is 3. The first-order valence-electron chi connectivity index (χ1n) is 7.25. The monoisotopic (exact) mass is 303 g/mol. The molecule has 0 spiro atoms. The Morgan fingerprint density at radius 3 is 2.52 bits per heavy atom. The van der Waals surface area contributed by atoms with Crippen LogP contribution in [0.1, 0.15) is 33.1 Å². The quantitative estimate of drug-likeness (QED) is 0.864. The molecular formula is C15H22F3N2O. The molecule has 0 aromatic carbocycles. The zero-order valence-corrected chi connectivity index (χ0v) is 12.5. The number of allylic oxidation sites excluding steroid dienone is 2. The van der Waals surface area contributed by atoms with Crippen molar-refractivity contribution in [1.29, 1.82) is 0 Å². The largest absolute Gasteiger partial charge is 0.493 e. The molecule has 0 aromatic heterocycles. The number of piperidine rings is 1. The van der Waals surface area contributed by atoms with E-state index in [1.807, 2.05) is 11.0 Å². The normalized spacial score (nSPS) is 21.9. The van der Waals surface area contributed by atoms with E-state index >= 15 is 0 Å². The van der Waals surface area contributed by atoms with Crippen LogP contribution >= 0.6 is 0 Å². The first kappa shape index (κ1) is 16.2. The number of dihydropyridines is 1. The molecule has 1 N–H and O–H groups in total. The predicted molar refractivity (Wildman–Crippen MR) is 74.3 cm³/mol. The highest BCUT2D eigenvalue weighted by Gasteiger charge is 2.41. The Morgan fingerprint density at radius 1 is 1.33 bits per heavy atom. The molecule has 0 amide bonds. The fourth-order valence-electron chi connectivity index (χ4n) is 2.87. The second-order valence-corrected chi connectivity index (χ2v) is 6.21. The van der Waals surface area contributed by atoms with Gasteiger partial charge in [0.1, 0.15) is 11.9 Å². The fourth-order valence-corrected chi connectivity index (χ4v) is 2.87. The van der Waals surface area contributed by atoms with Crippen molar-refractivity contribution in [3.8, 4) is 0 Å². The summed E-state index contributed by atoms with van der Waals surface area (Å²) in [6, 6.07) is 0. The molecular weight excluding hydrogens is 281 g/mol. The summed E-state index contributed by atoms with van der Waals surface area (Å²) in [5, 5.41) is 2.95. The Hall–Kier alpha value is -1.17. The van der Waals surface area contributed by atoms with Crippen LogP contribution in [0.3, 0.4) is 0 Å². The highest BCUT2D eigenvalue weighted by molar-refractivity contribution is 5.11. The fraction of sp³-hybridized carbons (Fsp3) is 0.733. The van der Waals surface area contributed by atoms with Gasteiger partial charge >= 0.3 is 6.18 Å². The molecule has 0 atom stereocenters. The van der Waals surface area contributed by atoms with Gasteiger partial charge in [-0.15, -0.1) is 0 Å². The molecule has 0 bridgehead atoms. The second-order valence-electron chi connectivity index (χ2n) is 6.21. The van der Waals surface area contributed by atoms with Crippen molar-refractivity contribution >= 4 is 0 Å². The van der Waals surface area contributed by atoms with E-state index in [1.165, 1.54) is 0 Å². The third-order valence-electron chi connectivity index (χ3n) is 3.97. The maximum Gasteiger partial charge on any atom is 0.390 e. The van der Waals surface area contributed by atoms with Crippen LogP contribution in [0.15, 0.2) is 17.9 Å². The van der Waals surface area contributed by atoms with Crippen molar-refractivity contribution in [2.24, 2.45) is 0 Å². The average molecular weight is 303 g/mol. The molecule has 1 fully saturated rings. The molecule has 0 saturated carbocycles. The SMILES string of the molecule is CC(C)(CC(F)(F)F)N1CCC(OC2=CC=[C]NC2)CC1. The van der Waals surface area contributed by atoms with Crippen LogP contribution in [0.5, 0.6) is 0 Å². The van der Waals surface area contributed by atoms with E-state index in [9.17, 15) is 13.2 Å². The minimum Gasteiger partial charge on any atom is -0.493 e. The molecule has 3 nitrogen and oxygen atoms in total. The summed E-state index contributed by atoms with van der Waals surface area (Å²) in [5.74, 6) is 0.863. The van der Waals surface area contributed by atoms with Gasteiger partial charge in [0.2, 0.25) is 0 Å². The summed E-state index contributed by atoms with van der Waals surface area (Å²) in [5.41, 5.74) is -0.855. The van der Waals surface area contributed by atoms with Gasteiger partial charge in [0, 0.05) is 18.6 Å². The Morgan fingerprint density at radius 2 is 2.00 bits per heavy atom. The predicted octanol–water partition coefficient (Wildman–Crippen LogP) is 3.00. The first-order valence-corrected chi connectivity index (χ1v) is 7.25. The number of hydrogen-bond donors (Lipinski definition) is 1. The molecule has 21 heavy (non-hydrogen) atoms. The highest BCUT2D eigenvalue weighted by atomic mass is 19.4. The molecule has 2 heterocycles. The standard InChI is InChI=1S/C15H22F3N2O/c1-14(2,11-15(16,17)18)20-8-5-12(6-9-20)21-13-4-3-7-19-10-13/h3-4,12,19H,5-6,8-11H2,1-2H3. The summed E-state index contributed by atoms with van der Waals surface area (Å²) in [6.45, 7) is 5.22. The maximum atomic E-state index is 12.6. The molecule has 119 valence electrons. The minimum atomic E-state index is -4.13. The Labute approximate surface area is 123 Å². The van der Waals surface area contributed by atoms with Gasteiger partial charge in [-0.2, -0.15) is 13.2 Å². The van der Waals surface area contributed by atoms with Crippen molar-refractivity contribution in [1.82, 2.24) is 10.2 Å². The van der Waals surface area contributed by atoms with Gasteiger partial charge < -0.3 is 10.1 Å². The Bertz CT molecular complexity index is 408. The van der Waals surface area contributed by atoms with Crippen molar-refractivity contribution in [3.05, 3.63) is 24.1 Å². The first-order chi connectivity index (χ1) is 9.76. The van der Waals surface area contributed by atoms with Crippen LogP contribution in [-0.2, 0) is 4.74 Å². The molecule has 0 aromatic rings. The summed E-state index contributed by atoms with van der Waals surface area (Å²) in [4.78, 5) is 1.92. The smallest absolute Gasteiger partial charge is 0.390 e. The van der Waals surface area contributed by atoms with Crippen molar-refractivity contribution in [3.63, 3.8) is 0 Å². The minimum absolute atomic E-state index is 0.0856. The lowest BCUT2D eigenvalue weighted by Gasteiger charge is -2.43. The summed E-state index contributed by atoms with van der Waals surface area (Å²) < 4.78 is 43.7. The van der Waals surface area contributed by atoms with E-state index < -0.39 is 18.1 Å². The molecule has 0 unspecified atom stereocenters. The molecule has 1 radical (unpaired) electrons.